The number of fused-ring (bicyclic) bond motifs is 1. The van der Waals surface area contributed by atoms with Crippen molar-refractivity contribution in [2.75, 3.05) is 26.3 Å². The molecule has 0 bridgehead atoms. The molecule has 1 aliphatic rings. The van der Waals surface area contributed by atoms with Crippen LogP contribution < -0.4 is 4.72 Å². The smallest absolute Gasteiger partial charge is 0.254 e. The van der Waals surface area contributed by atoms with Gasteiger partial charge in [-0.15, -0.1) is 11.3 Å². The molecule has 5 nitrogen and oxygen atoms in total. The van der Waals surface area contributed by atoms with Crippen LogP contribution in [0.3, 0.4) is 0 Å². The van der Waals surface area contributed by atoms with Crippen LogP contribution in [-0.2, 0) is 17.6 Å². The van der Waals surface area contributed by atoms with Crippen LogP contribution in [0, 0.1) is 0 Å². The highest BCUT2D eigenvalue weighted by atomic mass is 32.2. The average molecular weight is 518 g/mol. The van der Waals surface area contributed by atoms with Gasteiger partial charge in [0.25, 0.3) is 5.91 Å². The minimum absolute atomic E-state index is 0.0443. The SMILES string of the molecule is CCCc1cccc(CC(NSc2cccc(C(=O)N3CCOCC3)c2)c2nc3ccccc3s2)c1. The molecule has 7 heteroatoms. The lowest BCUT2D eigenvalue weighted by atomic mass is 10.0. The van der Waals surface area contributed by atoms with E-state index >= 15 is 0 Å². The third-order valence-electron chi connectivity index (χ3n) is 6.28. The predicted octanol–water partition coefficient (Wildman–Crippen LogP) is 6.30. The van der Waals surface area contributed by atoms with Gasteiger partial charge in [-0.2, -0.15) is 0 Å². The lowest BCUT2D eigenvalue weighted by Crippen LogP contribution is -2.40. The lowest BCUT2D eigenvalue weighted by molar-refractivity contribution is 0.0302. The van der Waals surface area contributed by atoms with Gasteiger partial charge in [-0.3, -0.25) is 4.79 Å². The van der Waals surface area contributed by atoms with Crippen LogP contribution >= 0.6 is 23.3 Å². The molecule has 1 unspecified atom stereocenters. The molecule has 186 valence electrons. The second kappa shape index (κ2) is 12.0. The van der Waals surface area contributed by atoms with Gasteiger partial charge in [0, 0.05) is 23.5 Å². The first-order chi connectivity index (χ1) is 17.7. The van der Waals surface area contributed by atoms with E-state index in [-0.39, 0.29) is 11.9 Å². The number of aryl methyl sites for hydroxylation is 1. The molecular weight excluding hydrogens is 486 g/mol. The highest BCUT2D eigenvalue weighted by molar-refractivity contribution is 7.97. The van der Waals surface area contributed by atoms with E-state index in [1.165, 1.54) is 15.8 Å². The second-order valence-electron chi connectivity index (χ2n) is 9.00. The molecule has 1 aliphatic heterocycles. The molecule has 36 heavy (non-hydrogen) atoms. The Morgan fingerprint density at radius 3 is 2.69 bits per heavy atom. The highest BCUT2D eigenvalue weighted by Crippen LogP contribution is 2.31. The van der Waals surface area contributed by atoms with E-state index in [1.54, 1.807) is 23.3 Å². The number of morpholine rings is 1. The van der Waals surface area contributed by atoms with Crippen LogP contribution in [0.5, 0.6) is 0 Å². The molecule has 4 aromatic rings. The fraction of sp³-hybridized carbons (Fsp3) is 0.310. The molecule has 0 aliphatic carbocycles. The number of nitrogens with zero attached hydrogens (tertiary/aromatic N) is 2. The Labute approximate surface area is 221 Å². The minimum atomic E-state index is 0.0443. The van der Waals surface area contributed by atoms with E-state index in [2.05, 4.69) is 54.1 Å². The van der Waals surface area contributed by atoms with Gasteiger partial charge in [-0.05, 0) is 66.2 Å². The van der Waals surface area contributed by atoms with Crippen LogP contribution in [0.15, 0.2) is 77.7 Å². The number of nitrogens with one attached hydrogen (secondary N) is 1. The van der Waals surface area contributed by atoms with Crippen LogP contribution in [0.4, 0.5) is 0 Å². The number of ether oxygens (including phenoxy) is 1. The summed E-state index contributed by atoms with van der Waals surface area (Å²) in [6.07, 6.45) is 3.07. The van der Waals surface area contributed by atoms with Crippen LogP contribution in [0.2, 0.25) is 0 Å². The largest absolute Gasteiger partial charge is 0.378 e. The third-order valence-corrected chi connectivity index (χ3v) is 8.32. The first-order valence-corrected chi connectivity index (χ1v) is 14.2. The number of carbonyl (C=O) groups excluding carboxylic acids is 1. The summed E-state index contributed by atoms with van der Waals surface area (Å²) in [7, 11) is 0. The van der Waals surface area contributed by atoms with Crippen molar-refractivity contribution in [1.82, 2.24) is 14.6 Å². The Kier molecular flexibility index (Phi) is 8.33. The summed E-state index contributed by atoms with van der Waals surface area (Å²) in [5.41, 5.74) is 4.43. The maximum atomic E-state index is 13.0. The van der Waals surface area contributed by atoms with Gasteiger partial charge in [0.1, 0.15) is 5.01 Å². The summed E-state index contributed by atoms with van der Waals surface area (Å²) >= 11 is 3.31. The molecule has 1 aromatic heterocycles. The topological polar surface area (TPSA) is 54.5 Å². The number of aromatic nitrogens is 1. The maximum Gasteiger partial charge on any atom is 0.254 e. The molecule has 0 spiro atoms. The molecule has 1 fully saturated rings. The van der Waals surface area contributed by atoms with Gasteiger partial charge >= 0.3 is 0 Å². The van der Waals surface area contributed by atoms with Crippen molar-refractivity contribution in [3.05, 3.63) is 94.5 Å². The number of hydrogen-bond acceptors (Lipinski definition) is 6. The van der Waals surface area contributed by atoms with Gasteiger partial charge in [-0.1, -0.05) is 55.8 Å². The molecule has 0 radical (unpaired) electrons. The van der Waals surface area contributed by atoms with Crippen LogP contribution in [0.1, 0.15) is 45.9 Å². The van der Waals surface area contributed by atoms with E-state index in [4.69, 9.17) is 9.72 Å². The molecule has 5 rings (SSSR count). The van der Waals surface area contributed by atoms with Crippen molar-refractivity contribution in [2.24, 2.45) is 0 Å². The minimum Gasteiger partial charge on any atom is -0.378 e. The Morgan fingerprint density at radius 2 is 1.86 bits per heavy atom. The molecule has 1 amide bonds. The quantitative estimate of drug-likeness (QED) is 0.264. The van der Waals surface area contributed by atoms with Crippen molar-refractivity contribution in [3.8, 4) is 0 Å². The summed E-state index contributed by atoms with van der Waals surface area (Å²) in [6, 6.07) is 25.1. The maximum absolute atomic E-state index is 13.0. The predicted molar refractivity (Wildman–Crippen MR) is 149 cm³/mol. The molecular formula is C29H31N3O2S2. The van der Waals surface area contributed by atoms with Crippen LogP contribution in [-0.4, -0.2) is 42.1 Å². The Balaban J connectivity index is 1.35. The second-order valence-corrected chi connectivity index (χ2v) is 11.0. The fourth-order valence-corrected chi connectivity index (χ4v) is 6.33. The lowest BCUT2D eigenvalue weighted by Gasteiger charge is -2.27. The van der Waals surface area contributed by atoms with Crippen molar-refractivity contribution < 1.29 is 9.53 Å². The molecule has 1 atom stereocenters. The zero-order valence-corrected chi connectivity index (χ0v) is 22.1. The van der Waals surface area contributed by atoms with Gasteiger partial charge in [0.05, 0.1) is 29.5 Å². The van der Waals surface area contributed by atoms with Gasteiger partial charge in [-0.25, -0.2) is 9.71 Å². The number of thiazole rings is 1. The summed E-state index contributed by atoms with van der Waals surface area (Å²) < 4.78 is 10.3. The number of amides is 1. The number of benzene rings is 3. The van der Waals surface area contributed by atoms with Gasteiger partial charge < -0.3 is 9.64 Å². The van der Waals surface area contributed by atoms with Crippen molar-refractivity contribution >= 4 is 39.4 Å². The Bertz CT molecular complexity index is 1280. The molecule has 1 N–H and O–H groups in total. The molecule has 1 saturated heterocycles. The third kappa shape index (κ3) is 6.16. The zero-order valence-electron chi connectivity index (χ0n) is 20.5. The van der Waals surface area contributed by atoms with Crippen molar-refractivity contribution in [1.29, 1.82) is 0 Å². The summed E-state index contributed by atoms with van der Waals surface area (Å²) in [4.78, 5) is 20.8. The van der Waals surface area contributed by atoms with Gasteiger partial charge in [0.15, 0.2) is 0 Å². The van der Waals surface area contributed by atoms with E-state index < -0.39 is 0 Å². The monoisotopic (exact) mass is 517 g/mol. The summed E-state index contributed by atoms with van der Waals surface area (Å²) in [5, 5.41) is 1.07. The van der Waals surface area contributed by atoms with Gasteiger partial charge in [0.2, 0.25) is 0 Å². The number of para-hydroxylation sites is 1. The Hall–Kier alpha value is -2.71. The first kappa shape index (κ1) is 25.0. The standard InChI is InChI=1S/C29H31N3O2S2/c1-2-7-21-8-5-9-22(18-21)19-26(28-30-25-12-3-4-13-27(25)35-28)31-36-24-11-6-10-23(20-24)29(33)32-14-16-34-17-15-32/h3-6,8-13,18,20,26,31H,2,7,14-17,19H2,1H3. The Morgan fingerprint density at radius 1 is 1.06 bits per heavy atom. The zero-order chi connectivity index (χ0) is 24.7. The molecule has 0 saturated carbocycles. The average Bonchev–Trinajstić information content (AvgIpc) is 3.36. The van der Waals surface area contributed by atoms with Crippen molar-refractivity contribution in [3.63, 3.8) is 0 Å². The number of rotatable bonds is 9. The normalized spacial score (nSPS) is 14.8. The van der Waals surface area contributed by atoms with E-state index in [0.717, 1.165) is 34.7 Å². The summed E-state index contributed by atoms with van der Waals surface area (Å²) in [5.74, 6) is 0.0659. The molecule has 2 heterocycles. The highest BCUT2D eigenvalue weighted by Gasteiger charge is 2.20. The van der Waals surface area contributed by atoms with E-state index in [1.807, 2.05) is 35.2 Å². The summed E-state index contributed by atoms with van der Waals surface area (Å²) in [6.45, 7) is 4.71. The fourth-order valence-electron chi connectivity index (χ4n) is 4.44. The molecule has 3 aromatic carbocycles. The van der Waals surface area contributed by atoms with Crippen molar-refractivity contribution in [2.45, 2.75) is 37.1 Å². The number of hydrogen-bond donors (Lipinski definition) is 1. The first-order valence-electron chi connectivity index (χ1n) is 12.5. The van der Waals surface area contributed by atoms with Crippen LogP contribution in [0.25, 0.3) is 10.2 Å². The van der Waals surface area contributed by atoms with E-state index in [9.17, 15) is 4.79 Å². The van der Waals surface area contributed by atoms with E-state index in [0.29, 0.717) is 31.9 Å². The number of carbonyl (C=O) groups is 1.